The van der Waals surface area contributed by atoms with Gasteiger partial charge in [-0.25, -0.2) is 0 Å². The van der Waals surface area contributed by atoms with Gasteiger partial charge in [0.1, 0.15) is 0 Å². The normalized spacial score (nSPS) is 15.3. The molecule has 1 aliphatic rings. The standard InChI is InChI=1S/C17H24N2O3/c20-16(13-19-17(21)15-8-11-22-12-9-15)18-10-4-7-14-5-2-1-3-6-14/h1-3,5-6,15H,4,7-13H2,(H,18,20)(H,19,21). The van der Waals surface area contributed by atoms with Gasteiger partial charge < -0.3 is 15.4 Å². The first kappa shape index (κ1) is 16.5. The summed E-state index contributed by atoms with van der Waals surface area (Å²) in [5.41, 5.74) is 1.27. The molecule has 0 atom stereocenters. The number of carbonyl (C=O) groups is 2. The molecular weight excluding hydrogens is 280 g/mol. The molecule has 0 aliphatic carbocycles. The summed E-state index contributed by atoms with van der Waals surface area (Å²) in [6, 6.07) is 10.2. The minimum absolute atomic E-state index is 0.0142. The first-order valence-corrected chi connectivity index (χ1v) is 7.92. The van der Waals surface area contributed by atoms with Crippen LogP contribution in [0.5, 0.6) is 0 Å². The van der Waals surface area contributed by atoms with Gasteiger partial charge in [-0.3, -0.25) is 9.59 Å². The zero-order valence-electron chi connectivity index (χ0n) is 12.8. The van der Waals surface area contributed by atoms with Crippen molar-refractivity contribution in [3.63, 3.8) is 0 Å². The van der Waals surface area contributed by atoms with E-state index >= 15 is 0 Å². The molecule has 1 saturated heterocycles. The molecule has 22 heavy (non-hydrogen) atoms. The number of rotatable bonds is 7. The van der Waals surface area contributed by atoms with E-state index in [1.165, 1.54) is 5.56 Å². The van der Waals surface area contributed by atoms with Crippen LogP contribution in [0.25, 0.3) is 0 Å². The summed E-state index contributed by atoms with van der Waals surface area (Å²) in [6.45, 7) is 1.94. The van der Waals surface area contributed by atoms with Crippen LogP contribution >= 0.6 is 0 Å². The average molecular weight is 304 g/mol. The van der Waals surface area contributed by atoms with E-state index in [1.807, 2.05) is 18.2 Å². The van der Waals surface area contributed by atoms with Gasteiger partial charge in [-0.15, -0.1) is 0 Å². The van der Waals surface area contributed by atoms with Crippen molar-refractivity contribution in [2.45, 2.75) is 25.7 Å². The third kappa shape index (κ3) is 5.85. The van der Waals surface area contributed by atoms with Crippen LogP contribution in [0, 0.1) is 5.92 Å². The molecule has 5 heteroatoms. The molecule has 0 bridgehead atoms. The predicted octanol–water partition coefficient (Wildman–Crippen LogP) is 1.28. The van der Waals surface area contributed by atoms with Crippen molar-refractivity contribution in [3.8, 4) is 0 Å². The number of carbonyl (C=O) groups excluding carboxylic acids is 2. The fourth-order valence-corrected chi connectivity index (χ4v) is 2.50. The van der Waals surface area contributed by atoms with Crippen molar-refractivity contribution in [3.05, 3.63) is 35.9 Å². The van der Waals surface area contributed by atoms with Gasteiger partial charge in [-0.2, -0.15) is 0 Å². The highest BCUT2D eigenvalue weighted by atomic mass is 16.5. The van der Waals surface area contributed by atoms with Gasteiger partial charge in [0.2, 0.25) is 11.8 Å². The molecule has 0 saturated carbocycles. The van der Waals surface area contributed by atoms with Gasteiger partial charge >= 0.3 is 0 Å². The highest BCUT2D eigenvalue weighted by molar-refractivity contribution is 5.85. The average Bonchev–Trinajstić information content (AvgIpc) is 2.58. The number of hydrogen-bond acceptors (Lipinski definition) is 3. The van der Waals surface area contributed by atoms with Crippen LogP contribution in [0.15, 0.2) is 30.3 Å². The van der Waals surface area contributed by atoms with Crippen molar-refractivity contribution in [1.82, 2.24) is 10.6 Å². The van der Waals surface area contributed by atoms with Gasteiger partial charge in [0, 0.05) is 25.7 Å². The summed E-state index contributed by atoms with van der Waals surface area (Å²) in [6.07, 6.45) is 3.31. The van der Waals surface area contributed by atoms with Crippen molar-refractivity contribution >= 4 is 11.8 Å². The lowest BCUT2D eigenvalue weighted by Gasteiger charge is -2.21. The minimum Gasteiger partial charge on any atom is -0.381 e. The van der Waals surface area contributed by atoms with E-state index in [1.54, 1.807) is 0 Å². The maximum absolute atomic E-state index is 11.9. The molecule has 1 aliphatic heterocycles. The summed E-state index contributed by atoms with van der Waals surface area (Å²) in [7, 11) is 0. The van der Waals surface area contributed by atoms with Crippen LogP contribution in [0.1, 0.15) is 24.8 Å². The Hall–Kier alpha value is -1.88. The molecule has 1 aromatic carbocycles. The van der Waals surface area contributed by atoms with Crippen molar-refractivity contribution < 1.29 is 14.3 Å². The first-order chi connectivity index (χ1) is 10.8. The van der Waals surface area contributed by atoms with E-state index in [2.05, 4.69) is 22.8 Å². The van der Waals surface area contributed by atoms with Gasteiger partial charge in [0.25, 0.3) is 0 Å². The van der Waals surface area contributed by atoms with Gasteiger partial charge in [-0.1, -0.05) is 30.3 Å². The monoisotopic (exact) mass is 304 g/mol. The zero-order valence-corrected chi connectivity index (χ0v) is 12.8. The number of hydrogen-bond donors (Lipinski definition) is 2. The number of ether oxygens (including phenoxy) is 1. The summed E-state index contributed by atoms with van der Waals surface area (Å²) >= 11 is 0. The molecule has 1 heterocycles. The fourth-order valence-electron chi connectivity index (χ4n) is 2.50. The molecule has 2 N–H and O–H groups in total. The number of aryl methyl sites for hydroxylation is 1. The van der Waals surface area contributed by atoms with E-state index in [9.17, 15) is 9.59 Å². The molecule has 0 aromatic heterocycles. The zero-order chi connectivity index (χ0) is 15.6. The molecule has 0 radical (unpaired) electrons. The molecular formula is C17H24N2O3. The summed E-state index contributed by atoms with van der Waals surface area (Å²) < 4.78 is 5.22. The lowest BCUT2D eigenvalue weighted by molar-refractivity contribution is -0.130. The summed E-state index contributed by atoms with van der Waals surface area (Å²) in [4.78, 5) is 23.6. The second-order valence-corrected chi connectivity index (χ2v) is 5.54. The van der Waals surface area contributed by atoms with Crippen molar-refractivity contribution in [2.24, 2.45) is 5.92 Å². The lowest BCUT2D eigenvalue weighted by atomic mass is 9.99. The Morgan fingerprint density at radius 2 is 1.82 bits per heavy atom. The Bertz CT molecular complexity index is 470. The van der Waals surface area contributed by atoms with Crippen molar-refractivity contribution in [2.75, 3.05) is 26.3 Å². The predicted molar refractivity (Wildman–Crippen MR) is 84.3 cm³/mol. The summed E-state index contributed by atoms with van der Waals surface area (Å²) in [5.74, 6) is -0.184. The third-order valence-corrected chi connectivity index (χ3v) is 3.82. The van der Waals surface area contributed by atoms with Crippen molar-refractivity contribution in [1.29, 1.82) is 0 Å². The van der Waals surface area contributed by atoms with Gasteiger partial charge in [0.05, 0.1) is 6.54 Å². The minimum atomic E-state index is -0.131. The topological polar surface area (TPSA) is 67.4 Å². The summed E-state index contributed by atoms with van der Waals surface area (Å²) in [5, 5.41) is 5.54. The van der Waals surface area contributed by atoms with E-state index in [4.69, 9.17) is 4.74 Å². The molecule has 2 amide bonds. The van der Waals surface area contributed by atoms with E-state index in [0.717, 1.165) is 25.7 Å². The van der Waals surface area contributed by atoms with Crippen LogP contribution in [0.2, 0.25) is 0 Å². The molecule has 1 fully saturated rings. The Morgan fingerprint density at radius 1 is 1.09 bits per heavy atom. The maximum Gasteiger partial charge on any atom is 0.239 e. The number of nitrogens with one attached hydrogen (secondary N) is 2. The van der Waals surface area contributed by atoms with Gasteiger partial charge in [-0.05, 0) is 31.2 Å². The highest BCUT2D eigenvalue weighted by Gasteiger charge is 2.21. The molecule has 120 valence electrons. The van der Waals surface area contributed by atoms with Crippen LogP contribution in [-0.4, -0.2) is 38.1 Å². The Labute approximate surface area is 131 Å². The smallest absolute Gasteiger partial charge is 0.239 e. The Kier molecular flexibility index (Phi) is 6.90. The SMILES string of the molecule is O=C(CNC(=O)C1CCOCC1)NCCCc1ccccc1. The second kappa shape index (κ2) is 9.20. The number of amides is 2. The van der Waals surface area contributed by atoms with E-state index < -0.39 is 0 Å². The van der Waals surface area contributed by atoms with Crippen LogP contribution in [0.4, 0.5) is 0 Å². The molecule has 5 nitrogen and oxygen atoms in total. The fraction of sp³-hybridized carbons (Fsp3) is 0.529. The molecule has 0 unspecified atom stereocenters. The van der Waals surface area contributed by atoms with Gasteiger partial charge in [0.15, 0.2) is 0 Å². The Balaban J connectivity index is 1.55. The maximum atomic E-state index is 11.9. The van der Waals surface area contributed by atoms with Crippen LogP contribution in [-0.2, 0) is 20.7 Å². The van der Waals surface area contributed by atoms with E-state index in [-0.39, 0.29) is 24.3 Å². The Morgan fingerprint density at radius 3 is 2.55 bits per heavy atom. The third-order valence-electron chi connectivity index (χ3n) is 3.82. The largest absolute Gasteiger partial charge is 0.381 e. The quantitative estimate of drug-likeness (QED) is 0.746. The van der Waals surface area contributed by atoms with E-state index in [0.29, 0.717) is 19.8 Å². The lowest BCUT2D eigenvalue weighted by Crippen LogP contribution is -2.41. The molecule has 2 rings (SSSR count). The van der Waals surface area contributed by atoms with Crippen LogP contribution in [0.3, 0.4) is 0 Å². The second-order valence-electron chi connectivity index (χ2n) is 5.54. The number of benzene rings is 1. The molecule has 1 aromatic rings. The highest BCUT2D eigenvalue weighted by Crippen LogP contribution is 2.14. The first-order valence-electron chi connectivity index (χ1n) is 7.92. The van der Waals surface area contributed by atoms with Crippen LogP contribution < -0.4 is 10.6 Å². The molecule has 0 spiro atoms.